The number of benzene rings is 1. The molecule has 2 aliphatic heterocycles. The Balaban J connectivity index is 2.25. The number of fused-ring (bicyclic) bond motifs is 1. The standard InChI is InChI=1S/C21H29N3O2S/c1-7-23-16-11-9-10-12-17(16)24(8-2)21(23)15(5)18(13-19(25)26-6)27-20(21)22-14(3)4/h9-15H,7-8H2,1-6H3/b18-13-,22-20?. The molecular formula is C21H29N3O2S. The number of thioether (sulfide) groups is 1. The van der Waals surface area contributed by atoms with Crippen molar-refractivity contribution in [1.29, 1.82) is 0 Å². The van der Waals surface area contributed by atoms with Gasteiger partial charge in [-0.25, -0.2) is 4.79 Å². The number of aliphatic imine (C=N–C) groups is 1. The number of esters is 1. The van der Waals surface area contributed by atoms with Crippen molar-refractivity contribution in [1.82, 2.24) is 0 Å². The largest absolute Gasteiger partial charge is 0.466 e. The van der Waals surface area contributed by atoms with Crippen molar-refractivity contribution in [2.45, 2.75) is 46.3 Å². The zero-order valence-corrected chi connectivity index (χ0v) is 17.8. The first-order chi connectivity index (χ1) is 12.9. The van der Waals surface area contributed by atoms with Crippen LogP contribution in [0.15, 0.2) is 40.2 Å². The fraction of sp³-hybridized carbons (Fsp3) is 0.524. The van der Waals surface area contributed by atoms with Crippen LogP contribution in [-0.2, 0) is 9.53 Å². The van der Waals surface area contributed by atoms with E-state index in [9.17, 15) is 4.79 Å². The van der Waals surface area contributed by atoms with Crippen LogP contribution in [-0.4, -0.2) is 42.9 Å². The van der Waals surface area contributed by atoms with E-state index in [1.54, 1.807) is 17.8 Å². The first-order valence-corrected chi connectivity index (χ1v) is 10.4. The van der Waals surface area contributed by atoms with Gasteiger partial charge in [0, 0.05) is 36.0 Å². The van der Waals surface area contributed by atoms with Gasteiger partial charge in [0.1, 0.15) is 5.04 Å². The maximum Gasteiger partial charge on any atom is 0.331 e. The maximum atomic E-state index is 12.0. The van der Waals surface area contributed by atoms with Crippen molar-refractivity contribution in [3.05, 3.63) is 35.2 Å². The van der Waals surface area contributed by atoms with Crippen molar-refractivity contribution in [3.63, 3.8) is 0 Å². The summed E-state index contributed by atoms with van der Waals surface area (Å²) in [7, 11) is 1.42. The average Bonchev–Trinajstić information content (AvgIpc) is 3.08. The summed E-state index contributed by atoms with van der Waals surface area (Å²) in [5.41, 5.74) is 2.05. The van der Waals surface area contributed by atoms with E-state index in [0.29, 0.717) is 0 Å². The lowest BCUT2D eigenvalue weighted by Gasteiger charge is -2.45. The second-order valence-electron chi connectivity index (χ2n) is 7.12. The number of nitrogens with zero attached hydrogens (tertiary/aromatic N) is 3. The number of methoxy groups -OCH3 is 1. The molecule has 1 spiro atoms. The van der Waals surface area contributed by atoms with Crippen LogP contribution in [0.5, 0.6) is 0 Å². The van der Waals surface area contributed by atoms with E-state index in [1.165, 1.54) is 18.5 Å². The molecule has 0 saturated carbocycles. The van der Waals surface area contributed by atoms with E-state index in [-0.39, 0.29) is 17.9 Å². The van der Waals surface area contributed by atoms with Crippen LogP contribution in [0, 0.1) is 5.92 Å². The van der Waals surface area contributed by atoms with Crippen LogP contribution in [0.3, 0.4) is 0 Å². The monoisotopic (exact) mass is 387 g/mol. The van der Waals surface area contributed by atoms with Gasteiger partial charge in [0.25, 0.3) is 0 Å². The first kappa shape index (κ1) is 19.8. The van der Waals surface area contributed by atoms with Gasteiger partial charge in [0.2, 0.25) is 0 Å². The van der Waals surface area contributed by atoms with Gasteiger partial charge in [0.15, 0.2) is 5.66 Å². The second-order valence-corrected chi connectivity index (χ2v) is 8.19. The molecule has 1 fully saturated rings. The maximum absolute atomic E-state index is 12.0. The lowest BCUT2D eigenvalue weighted by molar-refractivity contribution is -0.134. The Morgan fingerprint density at radius 3 is 2.26 bits per heavy atom. The van der Waals surface area contributed by atoms with Crippen molar-refractivity contribution >= 4 is 34.1 Å². The molecule has 1 aromatic rings. The van der Waals surface area contributed by atoms with Crippen molar-refractivity contribution in [3.8, 4) is 0 Å². The molecule has 1 unspecified atom stereocenters. The number of ether oxygens (including phenoxy) is 1. The molecular weight excluding hydrogens is 358 g/mol. The van der Waals surface area contributed by atoms with E-state index in [2.05, 4.69) is 68.7 Å². The number of para-hydroxylation sites is 2. The van der Waals surface area contributed by atoms with Crippen LogP contribution in [0.25, 0.3) is 0 Å². The van der Waals surface area contributed by atoms with Gasteiger partial charge >= 0.3 is 5.97 Å². The third-order valence-corrected chi connectivity index (χ3v) is 6.62. The number of anilines is 2. The fourth-order valence-electron chi connectivity index (χ4n) is 4.30. The molecule has 0 aliphatic carbocycles. The highest BCUT2D eigenvalue weighted by molar-refractivity contribution is 8.18. The zero-order valence-electron chi connectivity index (χ0n) is 17.0. The van der Waals surface area contributed by atoms with Gasteiger partial charge in [-0.05, 0) is 39.8 Å². The quantitative estimate of drug-likeness (QED) is 0.569. The summed E-state index contributed by atoms with van der Waals surface area (Å²) in [6.45, 7) is 12.5. The topological polar surface area (TPSA) is 45.1 Å². The normalized spacial score (nSPS) is 23.7. The molecule has 2 heterocycles. The number of carbonyl (C=O) groups excluding carboxylic acids is 1. The Labute approximate surface area is 166 Å². The van der Waals surface area contributed by atoms with E-state index < -0.39 is 5.66 Å². The summed E-state index contributed by atoms with van der Waals surface area (Å²) in [5, 5.41) is 1.06. The molecule has 3 rings (SSSR count). The van der Waals surface area contributed by atoms with Crippen LogP contribution in [0.1, 0.15) is 34.6 Å². The third kappa shape index (κ3) is 2.94. The summed E-state index contributed by atoms with van der Waals surface area (Å²) in [5.74, 6) is -0.224. The summed E-state index contributed by atoms with van der Waals surface area (Å²) in [6.07, 6.45) is 1.63. The molecule has 1 aromatic carbocycles. The van der Waals surface area contributed by atoms with E-state index in [4.69, 9.17) is 9.73 Å². The Morgan fingerprint density at radius 2 is 1.81 bits per heavy atom. The summed E-state index contributed by atoms with van der Waals surface area (Å²) < 4.78 is 4.90. The molecule has 1 atom stereocenters. The van der Waals surface area contributed by atoms with Crippen LogP contribution in [0.4, 0.5) is 11.4 Å². The van der Waals surface area contributed by atoms with E-state index in [1.807, 2.05) is 0 Å². The molecule has 2 aliphatic rings. The molecule has 0 radical (unpaired) electrons. The Morgan fingerprint density at radius 1 is 1.26 bits per heavy atom. The second kappa shape index (κ2) is 7.58. The molecule has 146 valence electrons. The van der Waals surface area contributed by atoms with Crippen molar-refractivity contribution < 1.29 is 9.53 Å². The SMILES string of the molecule is CCN1c2ccccc2N(CC)C12C(=NC(C)C)S/C(=C\C(=O)OC)C2C. The molecule has 0 amide bonds. The predicted molar refractivity (Wildman–Crippen MR) is 115 cm³/mol. The minimum atomic E-state index is -0.401. The van der Waals surface area contributed by atoms with E-state index in [0.717, 1.165) is 23.0 Å². The Kier molecular flexibility index (Phi) is 5.56. The minimum Gasteiger partial charge on any atom is -0.466 e. The minimum absolute atomic E-state index is 0.0893. The fourth-order valence-corrected chi connectivity index (χ4v) is 5.83. The summed E-state index contributed by atoms with van der Waals surface area (Å²) in [6, 6.07) is 8.72. The lowest BCUT2D eigenvalue weighted by atomic mass is 9.91. The van der Waals surface area contributed by atoms with Gasteiger partial charge in [0.05, 0.1) is 18.5 Å². The van der Waals surface area contributed by atoms with Crippen molar-refractivity contribution in [2.24, 2.45) is 10.9 Å². The highest BCUT2D eigenvalue weighted by atomic mass is 32.2. The average molecular weight is 388 g/mol. The number of carbonyl (C=O) groups is 1. The third-order valence-electron chi connectivity index (χ3n) is 5.32. The Bertz CT molecular complexity index is 756. The first-order valence-electron chi connectivity index (χ1n) is 9.61. The van der Waals surface area contributed by atoms with Gasteiger partial charge < -0.3 is 14.5 Å². The lowest BCUT2D eigenvalue weighted by Crippen LogP contribution is -2.63. The number of hydrogen-bond donors (Lipinski definition) is 0. The highest BCUT2D eigenvalue weighted by Crippen LogP contribution is 2.57. The molecule has 6 heteroatoms. The van der Waals surface area contributed by atoms with Crippen LogP contribution in [0.2, 0.25) is 0 Å². The molecule has 0 aromatic heterocycles. The molecule has 1 saturated heterocycles. The molecule has 0 N–H and O–H groups in total. The van der Waals surface area contributed by atoms with Gasteiger partial charge in [-0.2, -0.15) is 0 Å². The molecule has 27 heavy (non-hydrogen) atoms. The van der Waals surface area contributed by atoms with Gasteiger partial charge in [-0.15, -0.1) is 0 Å². The summed E-state index contributed by atoms with van der Waals surface area (Å²) in [4.78, 5) is 22.9. The van der Waals surface area contributed by atoms with Crippen molar-refractivity contribution in [2.75, 3.05) is 30.0 Å². The number of hydrogen-bond acceptors (Lipinski definition) is 6. The van der Waals surface area contributed by atoms with Gasteiger partial charge in [-0.3, -0.25) is 4.99 Å². The van der Waals surface area contributed by atoms with Crippen LogP contribution < -0.4 is 9.80 Å². The van der Waals surface area contributed by atoms with Gasteiger partial charge in [-0.1, -0.05) is 30.8 Å². The van der Waals surface area contributed by atoms with Crippen LogP contribution >= 0.6 is 11.8 Å². The predicted octanol–water partition coefficient (Wildman–Crippen LogP) is 4.30. The highest BCUT2D eigenvalue weighted by Gasteiger charge is 2.60. The zero-order chi connectivity index (χ0) is 19.8. The Hall–Kier alpha value is -1.95. The molecule has 5 nitrogen and oxygen atoms in total. The molecule has 0 bridgehead atoms. The number of rotatable bonds is 4. The smallest absolute Gasteiger partial charge is 0.331 e. The summed E-state index contributed by atoms with van der Waals surface area (Å²) >= 11 is 1.62. The van der Waals surface area contributed by atoms with E-state index >= 15 is 0 Å².